The molecule has 3 aliphatic carbocycles. The molecule has 0 unspecified atom stereocenters. The lowest BCUT2D eigenvalue weighted by Crippen LogP contribution is -2.32. The van der Waals surface area contributed by atoms with E-state index in [4.69, 9.17) is 0 Å². The Morgan fingerprint density at radius 1 is 1.30 bits per heavy atom. The third-order valence-electron chi connectivity index (χ3n) is 7.83. The summed E-state index contributed by atoms with van der Waals surface area (Å²) in [6, 6.07) is 0. The van der Waals surface area contributed by atoms with Crippen LogP contribution in [0.4, 0.5) is 0 Å². The zero-order valence-corrected chi connectivity index (χ0v) is 19.5. The van der Waals surface area contributed by atoms with Gasteiger partial charge in [-0.15, -0.1) is 0 Å². The third kappa shape index (κ3) is 5.18. The fraction of sp³-hybridized carbons (Fsp3) is 0.704. The smallest absolute Gasteiger partial charge is 0.0811 e. The van der Waals surface area contributed by atoms with Crippen molar-refractivity contribution >= 4 is 0 Å². The fourth-order valence-corrected chi connectivity index (χ4v) is 6.08. The van der Waals surface area contributed by atoms with E-state index in [9.17, 15) is 15.3 Å². The van der Waals surface area contributed by atoms with Crippen LogP contribution in [-0.4, -0.2) is 33.1 Å². The summed E-state index contributed by atoms with van der Waals surface area (Å²) in [6.45, 7) is 12.7. The Labute approximate surface area is 183 Å². The van der Waals surface area contributed by atoms with E-state index in [1.165, 1.54) is 18.4 Å². The highest BCUT2D eigenvalue weighted by atomic mass is 16.3. The Bertz CT molecular complexity index is 736. The molecule has 0 aromatic carbocycles. The minimum Gasteiger partial charge on any atom is -0.393 e. The first kappa shape index (κ1) is 23.5. The number of hydrogen-bond donors (Lipinski definition) is 3. The van der Waals surface area contributed by atoms with E-state index < -0.39 is 17.8 Å². The van der Waals surface area contributed by atoms with Crippen molar-refractivity contribution in [3.05, 3.63) is 47.1 Å². The van der Waals surface area contributed by atoms with Crippen molar-refractivity contribution in [2.75, 3.05) is 0 Å². The van der Waals surface area contributed by atoms with E-state index >= 15 is 0 Å². The molecule has 3 rings (SSSR count). The molecular weight excluding hydrogens is 372 g/mol. The van der Waals surface area contributed by atoms with Crippen molar-refractivity contribution in [2.24, 2.45) is 17.3 Å². The molecule has 2 saturated carbocycles. The quantitative estimate of drug-likeness (QED) is 0.494. The highest BCUT2D eigenvalue weighted by molar-refractivity contribution is 5.40. The molecule has 3 N–H and O–H groups in total. The summed E-state index contributed by atoms with van der Waals surface area (Å²) in [4.78, 5) is 0. The monoisotopic (exact) mass is 414 g/mol. The highest BCUT2D eigenvalue weighted by Gasteiger charge is 2.45. The second-order valence-corrected chi connectivity index (χ2v) is 10.9. The molecular formula is C27H42O3. The first-order valence-electron chi connectivity index (χ1n) is 11.9. The molecule has 168 valence electrons. The van der Waals surface area contributed by atoms with Gasteiger partial charge < -0.3 is 15.3 Å². The van der Waals surface area contributed by atoms with Gasteiger partial charge in [0.05, 0.1) is 17.8 Å². The molecule has 2 fully saturated rings. The summed E-state index contributed by atoms with van der Waals surface area (Å²) in [5.74, 6) is 1.12. The van der Waals surface area contributed by atoms with Gasteiger partial charge in [0.15, 0.2) is 0 Å². The van der Waals surface area contributed by atoms with Crippen LogP contribution < -0.4 is 0 Å². The third-order valence-corrected chi connectivity index (χ3v) is 7.83. The molecule has 0 spiro atoms. The number of rotatable bonds is 6. The Morgan fingerprint density at radius 2 is 2.03 bits per heavy atom. The molecule has 0 saturated heterocycles. The van der Waals surface area contributed by atoms with E-state index in [1.807, 2.05) is 13.8 Å². The number of allylic oxidation sites excluding steroid dienone is 5. The second-order valence-electron chi connectivity index (χ2n) is 10.9. The van der Waals surface area contributed by atoms with Gasteiger partial charge >= 0.3 is 0 Å². The van der Waals surface area contributed by atoms with E-state index in [-0.39, 0.29) is 5.41 Å². The number of fused-ring (bicyclic) bond motifs is 1. The van der Waals surface area contributed by atoms with E-state index in [1.54, 1.807) is 5.57 Å². The lowest BCUT2D eigenvalue weighted by Gasteiger charge is -2.42. The molecule has 0 aliphatic heterocycles. The van der Waals surface area contributed by atoms with Crippen LogP contribution in [-0.2, 0) is 0 Å². The van der Waals surface area contributed by atoms with Gasteiger partial charge in [-0.05, 0) is 87.2 Å². The molecule has 3 aliphatic rings. The van der Waals surface area contributed by atoms with Crippen LogP contribution in [0.3, 0.4) is 0 Å². The number of hydrogen-bond acceptors (Lipinski definition) is 3. The lowest BCUT2D eigenvalue weighted by atomic mass is 9.62. The fourth-order valence-electron chi connectivity index (χ4n) is 6.08. The van der Waals surface area contributed by atoms with Crippen molar-refractivity contribution in [3.8, 4) is 0 Å². The molecule has 0 aromatic rings. The maximum atomic E-state index is 10.1. The van der Waals surface area contributed by atoms with E-state index in [0.717, 1.165) is 43.3 Å². The number of aliphatic hydroxyl groups is 3. The van der Waals surface area contributed by atoms with Crippen LogP contribution in [0.15, 0.2) is 47.1 Å². The normalized spacial score (nSPS) is 36.2. The van der Waals surface area contributed by atoms with E-state index in [2.05, 4.69) is 38.7 Å². The summed E-state index contributed by atoms with van der Waals surface area (Å²) >= 11 is 0. The summed E-state index contributed by atoms with van der Waals surface area (Å²) in [5.41, 5.74) is 4.55. The molecule has 0 bridgehead atoms. The molecule has 0 heterocycles. The van der Waals surface area contributed by atoms with Gasteiger partial charge in [-0.2, -0.15) is 0 Å². The minimum atomic E-state index is -0.625. The Hall–Kier alpha value is -1.16. The molecule has 5 atom stereocenters. The van der Waals surface area contributed by atoms with Crippen molar-refractivity contribution in [2.45, 2.75) is 103 Å². The van der Waals surface area contributed by atoms with Crippen LogP contribution in [0.5, 0.6) is 0 Å². The standard InChI is InChI=1S/C27H42O3/c1-18(8-6-14-26(3,4)30)23-12-13-24-20(9-7-15-27(23,24)5)10-11-21-16-22(28)17-25(29)19(21)2/h10-12,18,22,24-25,28-30H,2,6-9,13-17H2,1,3-5H3/t18-,22+,24-,25-,27+/m0/s1. The van der Waals surface area contributed by atoms with Gasteiger partial charge in [-0.1, -0.05) is 56.2 Å². The van der Waals surface area contributed by atoms with Crippen LogP contribution in [0.25, 0.3) is 0 Å². The Balaban J connectivity index is 1.71. The van der Waals surface area contributed by atoms with Crippen molar-refractivity contribution in [3.63, 3.8) is 0 Å². The summed E-state index contributed by atoms with van der Waals surface area (Å²) in [5, 5.41) is 30.2. The SMILES string of the molecule is C=C1C(=CC=C2CCC[C@]3(C)C([C@@H](C)CCCC(C)(C)O)=CC[C@@H]23)C[C@@H](O)C[C@@H]1O. The maximum Gasteiger partial charge on any atom is 0.0811 e. The predicted molar refractivity (Wildman–Crippen MR) is 124 cm³/mol. The first-order valence-corrected chi connectivity index (χ1v) is 11.9. The van der Waals surface area contributed by atoms with Crippen molar-refractivity contribution in [1.82, 2.24) is 0 Å². The Morgan fingerprint density at radius 3 is 2.73 bits per heavy atom. The largest absolute Gasteiger partial charge is 0.393 e. The minimum absolute atomic E-state index is 0.235. The lowest BCUT2D eigenvalue weighted by molar-refractivity contribution is 0.0670. The average Bonchev–Trinajstić information content (AvgIpc) is 3.00. The topological polar surface area (TPSA) is 60.7 Å². The Kier molecular flexibility index (Phi) is 7.16. The molecule has 0 aromatic heterocycles. The van der Waals surface area contributed by atoms with Crippen LogP contribution in [0, 0.1) is 17.3 Å². The second kappa shape index (κ2) is 9.14. The van der Waals surface area contributed by atoms with Crippen molar-refractivity contribution < 1.29 is 15.3 Å². The zero-order chi connectivity index (χ0) is 22.1. The first-order chi connectivity index (χ1) is 14.0. The molecule has 0 amide bonds. The van der Waals surface area contributed by atoms with Gasteiger partial charge in [-0.3, -0.25) is 0 Å². The van der Waals surface area contributed by atoms with Gasteiger partial charge in [0.1, 0.15) is 0 Å². The van der Waals surface area contributed by atoms with Crippen molar-refractivity contribution in [1.29, 1.82) is 0 Å². The molecule has 30 heavy (non-hydrogen) atoms. The van der Waals surface area contributed by atoms with Gasteiger partial charge in [0.25, 0.3) is 0 Å². The van der Waals surface area contributed by atoms with Gasteiger partial charge in [0, 0.05) is 6.42 Å². The summed E-state index contributed by atoms with van der Waals surface area (Å²) in [7, 11) is 0. The average molecular weight is 415 g/mol. The van der Waals surface area contributed by atoms with Gasteiger partial charge in [0.2, 0.25) is 0 Å². The van der Waals surface area contributed by atoms with Crippen LogP contribution in [0.1, 0.15) is 85.5 Å². The predicted octanol–water partition coefficient (Wildman–Crippen LogP) is 5.62. The van der Waals surface area contributed by atoms with E-state index in [0.29, 0.717) is 24.7 Å². The van der Waals surface area contributed by atoms with Gasteiger partial charge in [-0.25, -0.2) is 0 Å². The maximum absolute atomic E-state index is 10.1. The van der Waals surface area contributed by atoms with Crippen LogP contribution >= 0.6 is 0 Å². The van der Waals surface area contributed by atoms with Crippen LogP contribution in [0.2, 0.25) is 0 Å². The molecule has 0 radical (unpaired) electrons. The molecule has 3 heteroatoms. The zero-order valence-electron chi connectivity index (χ0n) is 19.5. The highest BCUT2D eigenvalue weighted by Crippen LogP contribution is 2.57. The molecule has 3 nitrogen and oxygen atoms in total. The summed E-state index contributed by atoms with van der Waals surface area (Å²) in [6.07, 6.45) is 14.5. The summed E-state index contributed by atoms with van der Waals surface area (Å²) < 4.78 is 0. The number of aliphatic hydroxyl groups excluding tert-OH is 2.